The Bertz CT molecular complexity index is 973. The van der Waals surface area contributed by atoms with Gasteiger partial charge in [-0.1, -0.05) is 12.0 Å². The van der Waals surface area contributed by atoms with Crippen molar-refractivity contribution in [1.82, 2.24) is 0 Å². The van der Waals surface area contributed by atoms with Crippen molar-refractivity contribution >= 4 is 23.5 Å². The summed E-state index contributed by atoms with van der Waals surface area (Å²) in [5.74, 6) is -0.488. The molecule has 174 valence electrons. The summed E-state index contributed by atoms with van der Waals surface area (Å²) in [5.41, 5.74) is 1.95. The first-order chi connectivity index (χ1) is 15.1. The molecule has 0 N–H and O–H groups in total. The van der Waals surface area contributed by atoms with E-state index in [-0.39, 0.29) is 36.4 Å². The molecule has 1 aromatic heterocycles. The van der Waals surface area contributed by atoms with Crippen LogP contribution in [-0.2, 0) is 35.0 Å². The van der Waals surface area contributed by atoms with Gasteiger partial charge in [-0.25, -0.2) is 0 Å². The molecular weight excluding hydrogens is 412 g/mol. The molecule has 3 aliphatic carbocycles. The van der Waals surface area contributed by atoms with E-state index < -0.39 is 16.9 Å². The Morgan fingerprint density at radius 2 is 1.91 bits per heavy atom. The van der Waals surface area contributed by atoms with Crippen LogP contribution in [0.1, 0.15) is 64.7 Å². The maximum atomic E-state index is 13.1. The zero-order valence-corrected chi connectivity index (χ0v) is 19.5. The van der Waals surface area contributed by atoms with E-state index in [1.807, 2.05) is 13.0 Å². The molecule has 2 saturated carbocycles. The first-order valence-corrected chi connectivity index (χ1v) is 11.3. The number of fused-ring (bicyclic) bond motifs is 4. The van der Waals surface area contributed by atoms with Crippen molar-refractivity contribution < 1.29 is 33.0 Å². The fourth-order valence-corrected chi connectivity index (χ4v) is 6.94. The summed E-state index contributed by atoms with van der Waals surface area (Å²) in [7, 11) is 1.39. The number of furan rings is 1. The van der Waals surface area contributed by atoms with Gasteiger partial charge in [0.25, 0.3) is 0 Å². The van der Waals surface area contributed by atoms with Gasteiger partial charge in [0.05, 0.1) is 25.4 Å². The normalized spacial score (nSPS) is 33.5. The summed E-state index contributed by atoms with van der Waals surface area (Å²) in [5, 5.41) is 0. The van der Waals surface area contributed by atoms with Gasteiger partial charge in [-0.15, -0.1) is 0 Å². The number of carbonyl (C=O) groups is 3. The summed E-state index contributed by atoms with van der Waals surface area (Å²) >= 11 is 0. The molecule has 0 unspecified atom stereocenters. The standard InChI is InChI=1S/C25H32O7/c1-14-17-7-10-30-20(17)12-19-18(14)11-21(32-16(3)27)22-24(4,23(28)29-5)8-6-9-25(19,22)13-31-15(2)26/h7,10,19,21-22H,6,8-9,11-13H2,1-5H3/t19-,21+,22-,24+,25-/m0/s1. The third-order valence-corrected chi connectivity index (χ3v) is 8.09. The number of hydrogen-bond donors (Lipinski definition) is 0. The minimum atomic E-state index is -0.865. The van der Waals surface area contributed by atoms with E-state index in [1.165, 1.54) is 26.5 Å². The number of hydrogen-bond acceptors (Lipinski definition) is 7. The molecule has 4 rings (SSSR count). The van der Waals surface area contributed by atoms with Gasteiger partial charge < -0.3 is 18.6 Å². The highest BCUT2D eigenvalue weighted by molar-refractivity contribution is 5.78. The van der Waals surface area contributed by atoms with Gasteiger partial charge in [0.2, 0.25) is 0 Å². The summed E-state index contributed by atoms with van der Waals surface area (Å²) in [6, 6.07) is 1.97. The van der Waals surface area contributed by atoms with Crippen molar-refractivity contribution in [2.24, 2.45) is 22.7 Å². The first-order valence-electron chi connectivity index (χ1n) is 11.3. The highest BCUT2D eigenvalue weighted by atomic mass is 16.5. The molecule has 0 bridgehead atoms. The van der Waals surface area contributed by atoms with Gasteiger partial charge in [-0.05, 0) is 44.2 Å². The van der Waals surface area contributed by atoms with Gasteiger partial charge in [0.1, 0.15) is 11.9 Å². The lowest BCUT2D eigenvalue weighted by atomic mass is 9.44. The zero-order valence-electron chi connectivity index (χ0n) is 19.5. The molecule has 0 amide bonds. The maximum Gasteiger partial charge on any atom is 0.311 e. The van der Waals surface area contributed by atoms with E-state index in [9.17, 15) is 14.4 Å². The second-order valence-corrected chi connectivity index (χ2v) is 9.77. The lowest BCUT2D eigenvalue weighted by molar-refractivity contribution is -0.202. The fourth-order valence-electron chi connectivity index (χ4n) is 6.94. The Balaban J connectivity index is 1.92. The molecule has 7 heteroatoms. The quantitative estimate of drug-likeness (QED) is 0.510. The van der Waals surface area contributed by atoms with Gasteiger partial charge in [0, 0.05) is 43.6 Å². The van der Waals surface area contributed by atoms with Crippen molar-refractivity contribution in [2.75, 3.05) is 13.7 Å². The maximum absolute atomic E-state index is 13.1. The van der Waals surface area contributed by atoms with Crippen LogP contribution in [0.25, 0.3) is 5.57 Å². The number of ether oxygens (including phenoxy) is 3. The van der Waals surface area contributed by atoms with Crippen LogP contribution in [0.4, 0.5) is 0 Å². The monoisotopic (exact) mass is 444 g/mol. The van der Waals surface area contributed by atoms with E-state index in [0.29, 0.717) is 19.3 Å². The second kappa shape index (κ2) is 8.09. The minimum Gasteiger partial charge on any atom is -0.469 e. The molecule has 1 heterocycles. The van der Waals surface area contributed by atoms with Crippen LogP contribution < -0.4 is 0 Å². The fraction of sp³-hybridized carbons (Fsp3) is 0.640. The zero-order chi connectivity index (χ0) is 23.3. The average molecular weight is 445 g/mol. The van der Waals surface area contributed by atoms with Gasteiger partial charge in [-0.3, -0.25) is 14.4 Å². The van der Waals surface area contributed by atoms with E-state index in [2.05, 4.69) is 6.92 Å². The van der Waals surface area contributed by atoms with Crippen molar-refractivity contribution in [2.45, 2.75) is 65.9 Å². The SMILES string of the molecule is COC(=O)[C@]1(C)CCC[C@@]2(COC(C)=O)[C@H]1[C@H](OC(C)=O)CC1=C(C)c3ccoc3C[C@@H]12. The van der Waals surface area contributed by atoms with Crippen LogP contribution in [-0.4, -0.2) is 37.7 Å². The summed E-state index contributed by atoms with van der Waals surface area (Å²) in [6.45, 7) is 6.93. The van der Waals surface area contributed by atoms with E-state index in [1.54, 1.807) is 6.26 Å². The molecule has 0 aliphatic heterocycles. The molecule has 0 radical (unpaired) electrons. The topological polar surface area (TPSA) is 92.0 Å². The number of methoxy groups -OCH3 is 1. The Labute approximate surface area is 188 Å². The van der Waals surface area contributed by atoms with Gasteiger partial charge in [-0.2, -0.15) is 0 Å². The second-order valence-electron chi connectivity index (χ2n) is 9.77. The van der Waals surface area contributed by atoms with E-state index >= 15 is 0 Å². The smallest absolute Gasteiger partial charge is 0.311 e. The molecule has 0 spiro atoms. The van der Waals surface area contributed by atoms with Crippen molar-refractivity contribution in [3.05, 3.63) is 29.2 Å². The number of allylic oxidation sites excluding steroid dienone is 1. The molecule has 0 saturated heterocycles. The Kier molecular flexibility index (Phi) is 5.72. The third-order valence-electron chi connectivity index (χ3n) is 8.09. The predicted octanol–water partition coefficient (Wildman–Crippen LogP) is 4.09. The summed E-state index contributed by atoms with van der Waals surface area (Å²) in [4.78, 5) is 37.2. The summed E-state index contributed by atoms with van der Waals surface area (Å²) < 4.78 is 22.6. The van der Waals surface area contributed by atoms with Gasteiger partial charge in [0.15, 0.2) is 0 Å². The minimum absolute atomic E-state index is 0.0154. The Morgan fingerprint density at radius 3 is 2.56 bits per heavy atom. The summed E-state index contributed by atoms with van der Waals surface area (Å²) in [6.07, 6.45) is 4.56. The van der Waals surface area contributed by atoms with Crippen molar-refractivity contribution in [3.63, 3.8) is 0 Å². The molecule has 7 nitrogen and oxygen atoms in total. The van der Waals surface area contributed by atoms with Crippen LogP contribution in [0.5, 0.6) is 0 Å². The highest BCUT2D eigenvalue weighted by Gasteiger charge is 2.65. The Hall–Kier alpha value is -2.57. The third kappa shape index (κ3) is 3.37. The van der Waals surface area contributed by atoms with Gasteiger partial charge >= 0.3 is 17.9 Å². The van der Waals surface area contributed by atoms with E-state index in [4.69, 9.17) is 18.6 Å². The molecule has 32 heavy (non-hydrogen) atoms. The van der Waals surface area contributed by atoms with Crippen molar-refractivity contribution in [1.29, 1.82) is 0 Å². The predicted molar refractivity (Wildman–Crippen MR) is 115 cm³/mol. The van der Waals surface area contributed by atoms with E-state index in [0.717, 1.165) is 29.7 Å². The number of carbonyl (C=O) groups excluding carboxylic acids is 3. The van der Waals surface area contributed by atoms with Crippen LogP contribution in [0.3, 0.4) is 0 Å². The first kappa shape index (κ1) is 22.6. The van der Waals surface area contributed by atoms with Crippen LogP contribution in [0, 0.1) is 22.7 Å². The van der Waals surface area contributed by atoms with Crippen LogP contribution in [0.15, 0.2) is 22.3 Å². The highest BCUT2D eigenvalue weighted by Crippen LogP contribution is 2.64. The molecule has 5 atom stereocenters. The van der Waals surface area contributed by atoms with Crippen molar-refractivity contribution in [3.8, 4) is 0 Å². The molecule has 2 fully saturated rings. The number of rotatable bonds is 4. The van der Waals surface area contributed by atoms with Crippen LogP contribution in [0.2, 0.25) is 0 Å². The largest absolute Gasteiger partial charge is 0.469 e. The number of esters is 3. The molecular formula is C25H32O7. The Morgan fingerprint density at radius 1 is 1.16 bits per heavy atom. The average Bonchev–Trinajstić information content (AvgIpc) is 3.21. The lowest BCUT2D eigenvalue weighted by Gasteiger charge is -2.61. The molecule has 1 aromatic rings. The molecule has 3 aliphatic rings. The van der Waals surface area contributed by atoms with Crippen LogP contribution >= 0.6 is 0 Å². The molecule has 0 aromatic carbocycles. The lowest BCUT2D eigenvalue weighted by Crippen LogP contribution is -2.63.